The maximum absolute atomic E-state index is 5.92. The van der Waals surface area contributed by atoms with Gasteiger partial charge >= 0.3 is 0 Å². The highest BCUT2D eigenvalue weighted by Crippen LogP contribution is 2.31. The Morgan fingerprint density at radius 2 is 2.31 bits per heavy atom. The number of halogens is 1. The second-order valence-electron chi connectivity index (χ2n) is 3.32. The molecule has 0 aliphatic heterocycles. The first-order valence-electron chi connectivity index (χ1n) is 4.74. The third-order valence-corrected chi connectivity index (χ3v) is 4.47. The zero-order valence-corrected chi connectivity index (χ0v) is 11.1. The molecular formula is C11H11ClN2S2. The van der Waals surface area contributed by atoms with Crippen molar-refractivity contribution in [1.82, 2.24) is 4.98 Å². The summed E-state index contributed by atoms with van der Waals surface area (Å²) in [5.41, 5.74) is 6.64. The Balaban J connectivity index is 2.07. The van der Waals surface area contributed by atoms with Crippen molar-refractivity contribution in [2.24, 2.45) is 0 Å². The maximum atomic E-state index is 5.92. The van der Waals surface area contributed by atoms with Crippen molar-refractivity contribution in [2.75, 3.05) is 5.73 Å². The van der Waals surface area contributed by atoms with Gasteiger partial charge in [0, 0.05) is 32.4 Å². The van der Waals surface area contributed by atoms with Gasteiger partial charge in [0.25, 0.3) is 0 Å². The zero-order valence-electron chi connectivity index (χ0n) is 8.74. The van der Waals surface area contributed by atoms with E-state index in [9.17, 15) is 0 Å². The van der Waals surface area contributed by atoms with E-state index < -0.39 is 0 Å². The van der Waals surface area contributed by atoms with Crippen LogP contribution in [0.5, 0.6) is 0 Å². The minimum Gasteiger partial charge on any atom is -0.398 e. The number of nitrogens with zero attached hydrogens (tertiary/aromatic N) is 1. The van der Waals surface area contributed by atoms with Gasteiger partial charge in [0.1, 0.15) is 0 Å². The Kier molecular flexibility index (Phi) is 3.74. The van der Waals surface area contributed by atoms with E-state index in [-0.39, 0.29) is 0 Å². The highest BCUT2D eigenvalue weighted by atomic mass is 35.5. The van der Waals surface area contributed by atoms with Crippen LogP contribution in [0.2, 0.25) is 5.02 Å². The molecule has 0 saturated heterocycles. The number of thioether (sulfide) groups is 1. The molecule has 0 unspecified atom stereocenters. The van der Waals surface area contributed by atoms with E-state index >= 15 is 0 Å². The largest absolute Gasteiger partial charge is 0.398 e. The highest BCUT2D eigenvalue weighted by Gasteiger charge is 2.03. The Hall–Kier alpha value is -0.710. The van der Waals surface area contributed by atoms with Crippen molar-refractivity contribution in [2.45, 2.75) is 17.6 Å². The van der Waals surface area contributed by atoms with Crippen LogP contribution in [0.4, 0.5) is 5.69 Å². The molecular weight excluding hydrogens is 260 g/mol. The summed E-state index contributed by atoms with van der Waals surface area (Å²) in [6.45, 7) is 2.01. The summed E-state index contributed by atoms with van der Waals surface area (Å²) in [6.07, 6.45) is 1.91. The number of aromatic nitrogens is 1. The van der Waals surface area contributed by atoms with Crippen molar-refractivity contribution in [3.05, 3.63) is 39.3 Å². The second kappa shape index (κ2) is 5.08. The molecule has 1 heterocycles. The Labute approximate surface area is 108 Å². The topological polar surface area (TPSA) is 38.9 Å². The lowest BCUT2D eigenvalue weighted by Crippen LogP contribution is -1.88. The van der Waals surface area contributed by atoms with E-state index in [4.69, 9.17) is 17.3 Å². The van der Waals surface area contributed by atoms with Crippen molar-refractivity contribution in [3.63, 3.8) is 0 Å². The predicted molar refractivity (Wildman–Crippen MR) is 72.3 cm³/mol. The average molecular weight is 271 g/mol. The van der Waals surface area contributed by atoms with Crippen molar-refractivity contribution in [1.29, 1.82) is 0 Å². The summed E-state index contributed by atoms with van der Waals surface area (Å²) >= 11 is 9.32. The van der Waals surface area contributed by atoms with E-state index in [0.717, 1.165) is 26.4 Å². The minimum atomic E-state index is 0.720. The number of benzene rings is 1. The number of nitrogen functional groups attached to an aromatic ring is 1. The van der Waals surface area contributed by atoms with Crippen molar-refractivity contribution >= 4 is 40.4 Å². The zero-order chi connectivity index (χ0) is 11.5. The smallest absolute Gasteiger partial charge is 0.0897 e. The molecule has 84 valence electrons. The molecule has 1 aromatic carbocycles. The van der Waals surface area contributed by atoms with Gasteiger partial charge in [-0.15, -0.1) is 23.1 Å². The summed E-state index contributed by atoms with van der Waals surface area (Å²) in [4.78, 5) is 6.49. The van der Waals surface area contributed by atoms with Crippen LogP contribution < -0.4 is 5.73 Å². The lowest BCUT2D eigenvalue weighted by Gasteiger charge is -2.04. The monoisotopic (exact) mass is 270 g/mol. The summed E-state index contributed by atoms with van der Waals surface area (Å²) in [6, 6.07) is 5.54. The lowest BCUT2D eigenvalue weighted by atomic mass is 10.3. The van der Waals surface area contributed by atoms with Crippen molar-refractivity contribution < 1.29 is 0 Å². The Morgan fingerprint density at radius 3 is 3.00 bits per heavy atom. The fourth-order valence-electron chi connectivity index (χ4n) is 1.25. The van der Waals surface area contributed by atoms with Gasteiger partial charge in [-0.1, -0.05) is 11.6 Å². The van der Waals surface area contributed by atoms with Crippen molar-refractivity contribution in [3.8, 4) is 0 Å². The average Bonchev–Trinajstić information content (AvgIpc) is 2.66. The molecule has 0 aliphatic carbocycles. The normalized spacial score (nSPS) is 10.6. The van der Waals surface area contributed by atoms with Gasteiger partial charge in [0.15, 0.2) is 0 Å². The molecule has 0 fully saturated rings. The summed E-state index contributed by atoms with van der Waals surface area (Å²) < 4.78 is 0. The molecule has 2 rings (SSSR count). The van der Waals surface area contributed by atoms with Gasteiger partial charge < -0.3 is 5.73 Å². The van der Waals surface area contributed by atoms with Crippen LogP contribution in [0.15, 0.2) is 29.3 Å². The first kappa shape index (κ1) is 11.8. The minimum absolute atomic E-state index is 0.720. The van der Waals surface area contributed by atoms with E-state index in [1.165, 1.54) is 4.88 Å². The number of nitrogens with two attached hydrogens (primary N) is 1. The van der Waals surface area contributed by atoms with Gasteiger partial charge in [0.2, 0.25) is 0 Å². The third-order valence-electron chi connectivity index (χ3n) is 2.01. The number of hydrogen-bond acceptors (Lipinski definition) is 4. The fraction of sp³-hybridized carbons (Fsp3) is 0.182. The Bertz CT molecular complexity index is 496. The molecule has 0 atom stereocenters. The van der Waals surface area contributed by atoms with Gasteiger partial charge in [0.05, 0.1) is 5.01 Å². The van der Waals surface area contributed by atoms with Gasteiger partial charge in [-0.05, 0) is 25.1 Å². The third kappa shape index (κ3) is 2.90. The standard InChI is InChI=1S/C11H11ClN2S2/c1-7-14-5-9(16-7)6-15-11-4-8(12)2-3-10(11)13/h2-5H,6,13H2,1H3. The van der Waals surface area contributed by atoms with E-state index in [1.807, 2.05) is 25.3 Å². The molecule has 0 spiro atoms. The quantitative estimate of drug-likeness (QED) is 0.677. The first-order valence-corrected chi connectivity index (χ1v) is 6.92. The van der Waals surface area contributed by atoms with Crippen LogP contribution in [-0.2, 0) is 5.75 Å². The number of anilines is 1. The number of rotatable bonds is 3. The molecule has 0 bridgehead atoms. The van der Waals surface area contributed by atoms with Crippen LogP contribution in [0.25, 0.3) is 0 Å². The number of aryl methyl sites for hydroxylation is 1. The van der Waals surface area contributed by atoms with Gasteiger partial charge in [-0.3, -0.25) is 0 Å². The molecule has 1 aromatic heterocycles. The van der Waals surface area contributed by atoms with E-state index in [1.54, 1.807) is 29.2 Å². The number of thiazole rings is 1. The molecule has 2 N–H and O–H groups in total. The van der Waals surface area contributed by atoms with Crippen LogP contribution in [0.3, 0.4) is 0 Å². The van der Waals surface area contributed by atoms with Crippen LogP contribution in [0, 0.1) is 6.92 Å². The van der Waals surface area contributed by atoms with Crippen LogP contribution in [0.1, 0.15) is 9.88 Å². The molecule has 2 nitrogen and oxygen atoms in total. The predicted octanol–water partition coefficient (Wildman–Crippen LogP) is 3.98. The number of hydrogen-bond donors (Lipinski definition) is 1. The molecule has 5 heteroatoms. The first-order chi connectivity index (χ1) is 7.65. The van der Waals surface area contributed by atoms with Gasteiger partial charge in [-0.25, -0.2) is 4.98 Å². The van der Waals surface area contributed by atoms with Gasteiger partial charge in [-0.2, -0.15) is 0 Å². The molecule has 2 aromatic rings. The van der Waals surface area contributed by atoms with E-state index in [0.29, 0.717) is 0 Å². The second-order valence-corrected chi connectivity index (χ2v) is 6.09. The molecule has 0 saturated carbocycles. The molecule has 0 aliphatic rings. The van der Waals surface area contributed by atoms with Crippen LogP contribution >= 0.6 is 34.7 Å². The summed E-state index contributed by atoms with van der Waals surface area (Å²) in [5, 5.41) is 1.81. The summed E-state index contributed by atoms with van der Waals surface area (Å²) in [7, 11) is 0. The van der Waals surface area contributed by atoms with E-state index in [2.05, 4.69) is 4.98 Å². The molecule has 16 heavy (non-hydrogen) atoms. The van der Waals surface area contributed by atoms with Crippen LogP contribution in [-0.4, -0.2) is 4.98 Å². The molecule has 0 radical (unpaired) electrons. The Morgan fingerprint density at radius 1 is 1.50 bits per heavy atom. The summed E-state index contributed by atoms with van der Waals surface area (Å²) in [5.74, 6) is 0.885. The SMILES string of the molecule is Cc1ncc(CSc2cc(Cl)ccc2N)s1. The molecule has 0 amide bonds. The highest BCUT2D eigenvalue weighted by molar-refractivity contribution is 7.98. The fourth-order valence-corrected chi connectivity index (χ4v) is 3.31. The maximum Gasteiger partial charge on any atom is 0.0897 e. The lowest BCUT2D eigenvalue weighted by molar-refractivity contribution is 1.28.